The van der Waals surface area contributed by atoms with Crippen LogP contribution in [0.25, 0.3) is 0 Å². The quantitative estimate of drug-likeness (QED) is 0.854. The molecule has 1 aromatic heterocycles. The highest BCUT2D eigenvalue weighted by molar-refractivity contribution is 5.76. The molecule has 19 heavy (non-hydrogen) atoms. The van der Waals surface area contributed by atoms with E-state index in [4.69, 9.17) is 9.52 Å². The summed E-state index contributed by atoms with van der Waals surface area (Å²) in [5.41, 5.74) is 0. The lowest BCUT2D eigenvalue weighted by atomic mass is 10.2. The zero-order valence-corrected chi connectivity index (χ0v) is 11.3. The van der Waals surface area contributed by atoms with E-state index in [-0.39, 0.29) is 12.5 Å². The van der Waals surface area contributed by atoms with Gasteiger partial charge < -0.3 is 14.4 Å². The third-order valence-corrected chi connectivity index (χ3v) is 3.52. The van der Waals surface area contributed by atoms with Crippen LogP contribution >= 0.6 is 0 Å². The highest BCUT2D eigenvalue weighted by atomic mass is 16.3. The third-order valence-electron chi connectivity index (χ3n) is 3.52. The minimum absolute atomic E-state index is 0.187. The van der Waals surface area contributed by atoms with Crippen molar-refractivity contribution in [3.63, 3.8) is 0 Å². The van der Waals surface area contributed by atoms with Gasteiger partial charge >= 0.3 is 0 Å². The number of β-amino-alcohol motifs (C(OH)–C–C–N with tert-alkyl or cyclic N) is 1. The van der Waals surface area contributed by atoms with E-state index in [0.717, 1.165) is 38.4 Å². The van der Waals surface area contributed by atoms with Crippen molar-refractivity contribution in [2.45, 2.75) is 19.3 Å². The molecule has 5 heteroatoms. The van der Waals surface area contributed by atoms with E-state index in [1.165, 1.54) is 0 Å². The van der Waals surface area contributed by atoms with Crippen molar-refractivity contribution in [2.75, 3.05) is 39.3 Å². The molecule has 5 nitrogen and oxygen atoms in total. The summed E-state index contributed by atoms with van der Waals surface area (Å²) >= 11 is 0. The van der Waals surface area contributed by atoms with E-state index in [2.05, 4.69) is 4.90 Å². The molecule has 0 unspecified atom stereocenters. The Morgan fingerprint density at radius 1 is 1.32 bits per heavy atom. The SMILES string of the molecule is O=C(CCc1ccco1)N1CCCN(CCO)CC1. The predicted octanol–water partition coefficient (Wildman–Crippen LogP) is 0.739. The molecule has 1 aliphatic rings. The Hall–Kier alpha value is -1.33. The highest BCUT2D eigenvalue weighted by Gasteiger charge is 2.18. The molecule has 106 valence electrons. The summed E-state index contributed by atoms with van der Waals surface area (Å²) in [5.74, 6) is 1.06. The average Bonchev–Trinajstić information content (AvgIpc) is 2.82. The Labute approximate surface area is 113 Å². The second-order valence-electron chi connectivity index (χ2n) is 4.88. The van der Waals surface area contributed by atoms with Crippen LogP contribution in [0, 0.1) is 0 Å². The first-order valence-corrected chi connectivity index (χ1v) is 6.93. The lowest BCUT2D eigenvalue weighted by Crippen LogP contribution is -2.36. The molecule has 0 aliphatic carbocycles. The van der Waals surface area contributed by atoms with Crippen molar-refractivity contribution >= 4 is 5.91 Å². The number of furan rings is 1. The van der Waals surface area contributed by atoms with Crippen molar-refractivity contribution in [3.8, 4) is 0 Å². The van der Waals surface area contributed by atoms with E-state index in [9.17, 15) is 4.79 Å². The molecule has 0 radical (unpaired) electrons. The van der Waals surface area contributed by atoms with Gasteiger partial charge in [-0.2, -0.15) is 0 Å². The van der Waals surface area contributed by atoms with E-state index < -0.39 is 0 Å². The van der Waals surface area contributed by atoms with Crippen LogP contribution in [0.5, 0.6) is 0 Å². The lowest BCUT2D eigenvalue weighted by Gasteiger charge is -2.21. The van der Waals surface area contributed by atoms with Crippen molar-refractivity contribution in [1.29, 1.82) is 0 Å². The van der Waals surface area contributed by atoms with Gasteiger partial charge in [-0.1, -0.05) is 0 Å². The fraction of sp³-hybridized carbons (Fsp3) is 0.643. The van der Waals surface area contributed by atoms with Gasteiger partial charge in [-0.15, -0.1) is 0 Å². The summed E-state index contributed by atoms with van der Waals surface area (Å²) in [4.78, 5) is 16.3. The van der Waals surface area contributed by atoms with E-state index >= 15 is 0 Å². The molecule has 2 heterocycles. The van der Waals surface area contributed by atoms with Crippen LogP contribution in [0.2, 0.25) is 0 Å². The Morgan fingerprint density at radius 2 is 2.21 bits per heavy atom. The first kappa shape index (κ1) is 14.1. The average molecular weight is 266 g/mol. The maximum atomic E-state index is 12.1. The van der Waals surface area contributed by atoms with Gasteiger partial charge in [0.15, 0.2) is 0 Å². The number of hydrogen-bond acceptors (Lipinski definition) is 4. The Morgan fingerprint density at radius 3 is 2.95 bits per heavy atom. The summed E-state index contributed by atoms with van der Waals surface area (Å²) in [6.07, 6.45) is 3.79. The standard InChI is InChI=1S/C14H22N2O3/c17-11-10-15-6-2-7-16(9-8-15)14(18)5-4-13-3-1-12-19-13/h1,3,12,17H,2,4-11H2. The van der Waals surface area contributed by atoms with Crippen molar-refractivity contribution < 1.29 is 14.3 Å². The topological polar surface area (TPSA) is 56.9 Å². The molecule has 0 spiro atoms. The number of aryl methyl sites for hydroxylation is 1. The van der Waals surface area contributed by atoms with Crippen molar-refractivity contribution in [2.24, 2.45) is 0 Å². The van der Waals surface area contributed by atoms with E-state index in [1.54, 1.807) is 6.26 Å². The predicted molar refractivity (Wildman–Crippen MR) is 71.8 cm³/mol. The van der Waals surface area contributed by atoms with Crippen LogP contribution in [-0.4, -0.2) is 60.1 Å². The molecule has 0 aromatic carbocycles. The van der Waals surface area contributed by atoms with Crippen LogP contribution in [0.4, 0.5) is 0 Å². The summed E-state index contributed by atoms with van der Waals surface area (Å²) in [6, 6.07) is 3.75. The number of amides is 1. The monoisotopic (exact) mass is 266 g/mol. The second-order valence-corrected chi connectivity index (χ2v) is 4.88. The highest BCUT2D eigenvalue weighted by Crippen LogP contribution is 2.08. The lowest BCUT2D eigenvalue weighted by molar-refractivity contribution is -0.131. The molecular formula is C14H22N2O3. The van der Waals surface area contributed by atoms with Crippen molar-refractivity contribution in [3.05, 3.63) is 24.2 Å². The molecular weight excluding hydrogens is 244 g/mol. The van der Waals surface area contributed by atoms with Crippen LogP contribution < -0.4 is 0 Å². The number of rotatable bonds is 5. The zero-order valence-electron chi connectivity index (χ0n) is 11.3. The summed E-state index contributed by atoms with van der Waals surface area (Å²) in [5, 5.41) is 8.94. The number of hydrogen-bond donors (Lipinski definition) is 1. The molecule has 0 saturated carbocycles. The first-order valence-electron chi connectivity index (χ1n) is 6.93. The van der Waals surface area contributed by atoms with Crippen LogP contribution in [-0.2, 0) is 11.2 Å². The molecule has 1 aromatic rings. The number of nitrogens with zero attached hydrogens (tertiary/aromatic N) is 2. The van der Waals surface area contributed by atoms with Gasteiger partial charge in [-0.05, 0) is 25.1 Å². The van der Waals surface area contributed by atoms with E-state index in [0.29, 0.717) is 19.4 Å². The van der Waals surface area contributed by atoms with Gasteiger partial charge in [0.05, 0.1) is 12.9 Å². The number of carbonyl (C=O) groups excluding carboxylic acids is 1. The van der Waals surface area contributed by atoms with E-state index in [1.807, 2.05) is 17.0 Å². The molecule has 1 amide bonds. The third kappa shape index (κ3) is 4.36. The molecule has 1 saturated heterocycles. The fourth-order valence-corrected chi connectivity index (χ4v) is 2.43. The molecule has 0 bridgehead atoms. The number of carbonyl (C=O) groups is 1. The zero-order chi connectivity index (χ0) is 13.5. The number of aliphatic hydroxyl groups excluding tert-OH is 1. The van der Waals surface area contributed by atoms with Crippen LogP contribution in [0.1, 0.15) is 18.6 Å². The maximum absolute atomic E-state index is 12.1. The molecule has 0 atom stereocenters. The van der Waals surface area contributed by atoms with Gasteiger partial charge in [0.25, 0.3) is 0 Å². The largest absolute Gasteiger partial charge is 0.469 e. The smallest absolute Gasteiger partial charge is 0.223 e. The van der Waals surface area contributed by atoms with Crippen LogP contribution in [0.15, 0.2) is 22.8 Å². The number of aliphatic hydroxyl groups is 1. The first-order chi connectivity index (χ1) is 9.29. The molecule has 1 fully saturated rings. The van der Waals surface area contributed by atoms with Gasteiger partial charge in [0, 0.05) is 39.0 Å². The minimum Gasteiger partial charge on any atom is -0.469 e. The maximum Gasteiger partial charge on any atom is 0.223 e. The molecule has 2 rings (SSSR count). The second kappa shape index (κ2) is 7.31. The Balaban J connectivity index is 1.76. The normalized spacial score (nSPS) is 17.4. The van der Waals surface area contributed by atoms with Gasteiger partial charge in [-0.25, -0.2) is 0 Å². The summed E-state index contributed by atoms with van der Waals surface area (Å²) in [7, 11) is 0. The summed E-state index contributed by atoms with van der Waals surface area (Å²) in [6.45, 7) is 4.28. The minimum atomic E-state index is 0.187. The fourth-order valence-electron chi connectivity index (χ4n) is 2.43. The Bertz CT molecular complexity index is 378. The summed E-state index contributed by atoms with van der Waals surface area (Å²) < 4.78 is 5.24. The molecule has 1 aliphatic heterocycles. The van der Waals surface area contributed by atoms with Gasteiger partial charge in [-0.3, -0.25) is 9.69 Å². The van der Waals surface area contributed by atoms with Crippen molar-refractivity contribution in [1.82, 2.24) is 9.80 Å². The Kier molecular flexibility index (Phi) is 5.42. The van der Waals surface area contributed by atoms with Crippen LogP contribution in [0.3, 0.4) is 0 Å². The molecule has 1 N–H and O–H groups in total. The van der Waals surface area contributed by atoms with Gasteiger partial charge in [0.1, 0.15) is 5.76 Å². The van der Waals surface area contributed by atoms with Gasteiger partial charge in [0.2, 0.25) is 5.91 Å².